The Morgan fingerprint density at radius 3 is 1.21 bits per heavy atom. The topological polar surface area (TPSA) is 95.9 Å². The number of carbonyl (C=O) groups excluding carboxylic acids is 2. The summed E-state index contributed by atoms with van der Waals surface area (Å²) in [6.45, 7) is 4.85. The van der Waals surface area contributed by atoms with Crippen LogP contribution in [-0.2, 0) is 14.3 Å². The molecule has 0 saturated carbocycles. The fraction of sp³-hybridized carbons (Fsp3) is 0.891. The number of aliphatic hydroxyl groups excluding tert-OH is 2. The Kier molecular flexibility index (Phi) is 49.6. The van der Waals surface area contributed by atoms with E-state index in [1.54, 1.807) is 6.08 Å². The maximum atomic E-state index is 12.4. The van der Waals surface area contributed by atoms with Crippen molar-refractivity contribution < 1.29 is 24.5 Å². The average Bonchev–Trinajstić information content (AvgIpc) is 3.26. The zero-order valence-corrected chi connectivity index (χ0v) is 40.9. The fourth-order valence-electron chi connectivity index (χ4n) is 8.26. The summed E-state index contributed by atoms with van der Waals surface area (Å²) < 4.78 is 5.45. The number of esters is 1. The molecule has 0 saturated heterocycles. The summed E-state index contributed by atoms with van der Waals surface area (Å²) in [4.78, 5) is 24.4. The number of unbranched alkanes of at least 4 members (excludes halogenated alkanes) is 37. The largest absolute Gasteiger partial charge is 0.466 e. The molecule has 0 aliphatic carbocycles. The maximum Gasteiger partial charge on any atom is 0.305 e. The van der Waals surface area contributed by atoms with Crippen LogP contribution in [0, 0.1) is 0 Å². The van der Waals surface area contributed by atoms with E-state index in [0.717, 1.165) is 44.9 Å². The zero-order valence-electron chi connectivity index (χ0n) is 40.9. The third-order valence-corrected chi connectivity index (χ3v) is 12.5. The molecule has 360 valence electrons. The molecule has 0 bridgehead atoms. The number of carbonyl (C=O) groups is 2. The second-order valence-corrected chi connectivity index (χ2v) is 18.6. The van der Waals surface area contributed by atoms with E-state index in [1.807, 2.05) is 6.08 Å². The van der Waals surface area contributed by atoms with Crippen LogP contribution in [0.4, 0.5) is 0 Å². The summed E-state index contributed by atoms with van der Waals surface area (Å²) >= 11 is 0. The summed E-state index contributed by atoms with van der Waals surface area (Å²) in [6.07, 6.45) is 60.6. The molecule has 1 amide bonds. The van der Waals surface area contributed by atoms with Crippen molar-refractivity contribution >= 4 is 11.9 Å². The van der Waals surface area contributed by atoms with Gasteiger partial charge in [-0.1, -0.05) is 250 Å². The lowest BCUT2D eigenvalue weighted by Crippen LogP contribution is -2.45. The third-order valence-electron chi connectivity index (χ3n) is 12.5. The molecular weight excluding hydrogens is 755 g/mol. The Hall–Kier alpha value is -1.66. The monoisotopic (exact) mass is 860 g/mol. The van der Waals surface area contributed by atoms with Crippen LogP contribution in [0.1, 0.15) is 290 Å². The second-order valence-electron chi connectivity index (χ2n) is 18.6. The lowest BCUT2D eigenvalue weighted by Gasteiger charge is -2.20. The van der Waals surface area contributed by atoms with Crippen molar-refractivity contribution in [3.63, 3.8) is 0 Å². The molecule has 0 aromatic rings. The predicted molar refractivity (Wildman–Crippen MR) is 264 cm³/mol. The SMILES string of the molecule is CCCC/C=C\CCCCCCCC(=O)OCCCCCCCCCCCCCCCCCCCCCCCCCC(=O)NC(CO)C(O)/C=C/CCCCCCCCCC. The van der Waals surface area contributed by atoms with Crippen LogP contribution in [0.25, 0.3) is 0 Å². The van der Waals surface area contributed by atoms with Gasteiger partial charge in [-0.3, -0.25) is 9.59 Å². The molecule has 0 aliphatic heterocycles. The summed E-state index contributed by atoms with van der Waals surface area (Å²) in [5.74, 6) is -0.0669. The summed E-state index contributed by atoms with van der Waals surface area (Å²) in [5.41, 5.74) is 0. The number of allylic oxidation sites excluding steroid dienone is 3. The Morgan fingerprint density at radius 2 is 0.787 bits per heavy atom. The van der Waals surface area contributed by atoms with Gasteiger partial charge in [0.05, 0.1) is 25.4 Å². The van der Waals surface area contributed by atoms with Gasteiger partial charge in [0.15, 0.2) is 0 Å². The van der Waals surface area contributed by atoms with Gasteiger partial charge in [0.1, 0.15) is 0 Å². The van der Waals surface area contributed by atoms with Gasteiger partial charge in [0.25, 0.3) is 0 Å². The minimum absolute atomic E-state index is 0.00237. The molecular formula is C55H105NO5. The van der Waals surface area contributed by atoms with Gasteiger partial charge in [-0.05, 0) is 51.4 Å². The molecule has 0 radical (unpaired) electrons. The molecule has 61 heavy (non-hydrogen) atoms. The standard InChI is InChI=1S/C55H105NO5/c1-3-5-7-9-11-13-28-33-37-41-45-49-55(60)61-50-46-42-38-34-30-27-25-23-21-19-17-15-16-18-20-22-24-26-29-32-36-40-44-48-54(59)56-52(51-57)53(58)47-43-39-35-31-14-12-10-8-6-4-2/h9,11,43,47,52-53,57-58H,3-8,10,12-42,44-46,48-51H2,1-2H3,(H,56,59)/b11-9-,47-43+. The van der Waals surface area contributed by atoms with Crippen LogP contribution in [0.3, 0.4) is 0 Å². The highest BCUT2D eigenvalue weighted by atomic mass is 16.5. The number of ether oxygens (including phenoxy) is 1. The quantitative estimate of drug-likeness (QED) is 0.0322. The highest BCUT2D eigenvalue weighted by Crippen LogP contribution is 2.17. The zero-order chi connectivity index (χ0) is 44.4. The van der Waals surface area contributed by atoms with Crippen molar-refractivity contribution in [3.8, 4) is 0 Å². The highest BCUT2D eigenvalue weighted by molar-refractivity contribution is 5.76. The highest BCUT2D eigenvalue weighted by Gasteiger charge is 2.18. The lowest BCUT2D eigenvalue weighted by atomic mass is 10.0. The number of aliphatic hydroxyl groups is 2. The normalized spacial score (nSPS) is 12.8. The van der Waals surface area contributed by atoms with Crippen LogP contribution < -0.4 is 5.32 Å². The molecule has 2 unspecified atom stereocenters. The number of rotatable bonds is 50. The Labute approximate surface area is 380 Å². The molecule has 3 N–H and O–H groups in total. The molecule has 0 aromatic heterocycles. The first-order valence-corrected chi connectivity index (χ1v) is 27.1. The van der Waals surface area contributed by atoms with E-state index >= 15 is 0 Å². The predicted octanol–water partition coefficient (Wildman–Crippen LogP) is 16.3. The van der Waals surface area contributed by atoms with Crippen molar-refractivity contribution in [1.29, 1.82) is 0 Å². The van der Waals surface area contributed by atoms with Gasteiger partial charge >= 0.3 is 5.97 Å². The van der Waals surface area contributed by atoms with Crippen molar-refractivity contribution in [3.05, 3.63) is 24.3 Å². The molecule has 6 heteroatoms. The van der Waals surface area contributed by atoms with Crippen LogP contribution in [-0.4, -0.2) is 47.4 Å². The van der Waals surface area contributed by atoms with E-state index < -0.39 is 12.1 Å². The summed E-state index contributed by atoms with van der Waals surface area (Å²) in [5, 5.41) is 23.0. The van der Waals surface area contributed by atoms with Crippen LogP contribution >= 0.6 is 0 Å². The van der Waals surface area contributed by atoms with Crippen molar-refractivity contribution in [2.45, 2.75) is 302 Å². The Morgan fingerprint density at radius 1 is 0.443 bits per heavy atom. The van der Waals surface area contributed by atoms with E-state index in [2.05, 4.69) is 31.3 Å². The maximum absolute atomic E-state index is 12.4. The smallest absolute Gasteiger partial charge is 0.305 e. The minimum atomic E-state index is -0.841. The molecule has 0 fully saturated rings. The second kappa shape index (κ2) is 51.0. The number of hydrogen-bond acceptors (Lipinski definition) is 5. The molecule has 6 nitrogen and oxygen atoms in total. The first-order valence-electron chi connectivity index (χ1n) is 27.1. The molecule has 0 aromatic carbocycles. The van der Waals surface area contributed by atoms with Crippen LogP contribution in [0.5, 0.6) is 0 Å². The number of hydrogen-bond donors (Lipinski definition) is 3. The summed E-state index contributed by atoms with van der Waals surface area (Å²) in [7, 11) is 0. The van der Waals surface area contributed by atoms with E-state index in [1.165, 1.54) is 218 Å². The number of nitrogens with one attached hydrogen (secondary N) is 1. The Bertz CT molecular complexity index is 951. The van der Waals surface area contributed by atoms with Gasteiger partial charge < -0.3 is 20.3 Å². The molecule has 2 atom stereocenters. The molecule has 0 heterocycles. The first-order chi connectivity index (χ1) is 30.0. The minimum Gasteiger partial charge on any atom is -0.466 e. The van der Waals surface area contributed by atoms with Crippen molar-refractivity contribution in [2.24, 2.45) is 0 Å². The fourth-order valence-corrected chi connectivity index (χ4v) is 8.26. The lowest BCUT2D eigenvalue weighted by molar-refractivity contribution is -0.143. The van der Waals surface area contributed by atoms with Crippen molar-refractivity contribution in [1.82, 2.24) is 5.32 Å². The molecule has 0 aliphatic rings. The van der Waals surface area contributed by atoms with Gasteiger partial charge in [-0.2, -0.15) is 0 Å². The van der Waals surface area contributed by atoms with Crippen LogP contribution in [0.2, 0.25) is 0 Å². The van der Waals surface area contributed by atoms with E-state index in [9.17, 15) is 19.8 Å². The first kappa shape index (κ1) is 59.3. The molecule has 0 rings (SSSR count). The summed E-state index contributed by atoms with van der Waals surface area (Å²) in [6, 6.07) is -0.625. The van der Waals surface area contributed by atoms with Gasteiger partial charge in [-0.25, -0.2) is 0 Å². The average molecular weight is 860 g/mol. The van der Waals surface area contributed by atoms with Gasteiger partial charge in [0.2, 0.25) is 5.91 Å². The third kappa shape index (κ3) is 47.7. The van der Waals surface area contributed by atoms with E-state index in [4.69, 9.17) is 4.74 Å². The van der Waals surface area contributed by atoms with Gasteiger partial charge in [0, 0.05) is 12.8 Å². The van der Waals surface area contributed by atoms with Crippen LogP contribution in [0.15, 0.2) is 24.3 Å². The van der Waals surface area contributed by atoms with E-state index in [-0.39, 0.29) is 18.5 Å². The van der Waals surface area contributed by atoms with E-state index in [0.29, 0.717) is 19.4 Å². The molecule has 0 spiro atoms. The Balaban J connectivity index is 3.37. The van der Waals surface area contributed by atoms with Gasteiger partial charge in [-0.15, -0.1) is 0 Å². The van der Waals surface area contributed by atoms with Crippen molar-refractivity contribution in [2.75, 3.05) is 13.2 Å². The number of amides is 1.